The molecule has 0 unspecified atom stereocenters. The van der Waals surface area contributed by atoms with E-state index in [9.17, 15) is 14.7 Å². The molecule has 0 saturated heterocycles. The Bertz CT molecular complexity index is 1000. The number of rotatable bonds is 8. The highest BCUT2D eigenvalue weighted by atomic mass is 16.5. The molecular formula is C22H22N2O4. The number of allylic oxidation sites excluding steroid dienone is 1. The number of phenolic OH excluding ortho intramolecular Hbond substituents is 1. The van der Waals surface area contributed by atoms with E-state index in [1.165, 1.54) is 18.2 Å². The predicted molar refractivity (Wildman–Crippen MR) is 108 cm³/mol. The van der Waals surface area contributed by atoms with Crippen molar-refractivity contribution in [3.63, 3.8) is 0 Å². The zero-order chi connectivity index (χ0) is 19.9. The highest BCUT2D eigenvalue weighted by Crippen LogP contribution is 2.23. The van der Waals surface area contributed by atoms with Gasteiger partial charge in [-0.1, -0.05) is 18.2 Å². The van der Waals surface area contributed by atoms with Crippen molar-refractivity contribution >= 4 is 28.7 Å². The van der Waals surface area contributed by atoms with Crippen LogP contribution in [0.1, 0.15) is 17.5 Å². The number of hydrogen-bond donors (Lipinski definition) is 3. The van der Waals surface area contributed by atoms with E-state index in [2.05, 4.69) is 10.3 Å². The van der Waals surface area contributed by atoms with Crippen molar-refractivity contribution in [1.29, 1.82) is 0 Å². The number of ether oxygens (including phenoxy) is 1. The van der Waals surface area contributed by atoms with Crippen LogP contribution in [0.15, 0.2) is 54.7 Å². The lowest BCUT2D eigenvalue weighted by Crippen LogP contribution is -2.27. The largest absolute Gasteiger partial charge is 0.508 e. The molecule has 1 amide bonds. The summed E-state index contributed by atoms with van der Waals surface area (Å²) in [5.74, 6) is 0.361. The summed E-state index contributed by atoms with van der Waals surface area (Å²) in [5.41, 5.74) is 2.87. The number of fused-ring (bicyclic) bond motifs is 1. The number of aromatic hydroxyl groups is 1. The molecule has 2 aromatic carbocycles. The number of amides is 1. The first-order chi connectivity index (χ1) is 13.5. The van der Waals surface area contributed by atoms with Crippen LogP contribution in [0.4, 0.5) is 0 Å². The van der Waals surface area contributed by atoms with Gasteiger partial charge in [-0.15, -0.1) is 0 Å². The van der Waals surface area contributed by atoms with Crippen LogP contribution in [0, 0.1) is 0 Å². The molecule has 0 bridgehead atoms. The molecular weight excluding hydrogens is 356 g/mol. The van der Waals surface area contributed by atoms with E-state index in [4.69, 9.17) is 4.74 Å². The van der Waals surface area contributed by atoms with E-state index in [0.717, 1.165) is 27.8 Å². The maximum Gasteiger partial charge on any atom is 0.227 e. The molecule has 6 heteroatoms. The van der Waals surface area contributed by atoms with Crippen molar-refractivity contribution in [3.8, 4) is 11.5 Å². The molecule has 3 N–H and O–H groups in total. The molecule has 1 heterocycles. The van der Waals surface area contributed by atoms with Gasteiger partial charge in [0.2, 0.25) is 5.91 Å². The summed E-state index contributed by atoms with van der Waals surface area (Å²) in [5, 5.41) is 13.1. The van der Waals surface area contributed by atoms with Crippen LogP contribution >= 0.6 is 0 Å². The zero-order valence-corrected chi connectivity index (χ0v) is 15.6. The lowest BCUT2D eigenvalue weighted by atomic mass is 10.1. The van der Waals surface area contributed by atoms with Gasteiger partial charge in [0.25, 0.3) is 0 Å². The third kappa shape index (κ3) is 5.01. The molecule has 0 fully saturated rings. The van der Waals surface area contributed by atoms with E-state index in [1.54, 1.807) is 25.3 Å². The van der Waals surface area contributed by atoms with Gasteiger partial charge in [-0.2, -0.15) is 0 Å². The van der Waals surface area contributed by atoms with E-state index >= 15 is 0 Å². The third-order valence-corrected chi connectivity index (χ3v) is 4.38. The number of aromatic nitrogens is 1. The Labute approximate surface area is 162 Å². The molecule has 3 aromatic rings. The minimum atomic E-state index is -0.308. The topological polar surface area (TPSA) is 91.4 Å². The minimum absolute atomic E-state index is 0.163. The van der Waals surface area contributed by atoms with Gasteiger partial charge in [0, 0.05) is 23.6 Å². The number of phenols is 1. The molecule has 0 radical (unpaired) electrons. The summed E-state index contributed by atoms with van der Waals surface area (Å²) in [7, 11) is 1.63. The molecule has 6 nitrogen and oxygen atoms in total. The average molecular weight is 378 g/mol. The van der Waals surface area contributed by atoms with E-state index in [-0.39, 0.29) is 23.9 Å². The van der Waals surface area contributed by atoms with Crippen molar-refractivity contribution in [1.82, 2.24) is 10.3 Å². The van der Waals surface area contributed by atoms with Gasteiger partial charge in [-0.25, -0.2) is 0 Å². The Balaban J connectivity index is 1.48. The van der Waals surface area contributed by atoms with Gasteiger partial charge in [0.15, 0.2) is 5.78 Å². The molecule has 144 valence electrons. The second-order valence-electron chi connectivity index (χ2n) is 6.39. The zero-order valence-electron chi connectivity index (χ0n) is 15.6. The van der Waals surface area contributed by atoms with Gasteiger partial charge in [-0.3, -0.25) is 9.59 Å². The third-order valence-electron chi connectivity index (χ3n) is 4.38. The molecule has 0 aliphatic rings. The van der Waals surface area contributed by atoms with Gasteiger partial charge in [0.1, 0.15) is 11.5 Å². The molecule has 28 heavy (non-hydrogen) atoms. The fraction of sp³-hybridized carbons (Fsp3) is 0.182. The van der Waals surface area contributed by atoms with Crippen molar-refractivity contribution < 1.29 is 19.4 Å². The normalized spacial score (nSPS) is 11.0. The van der Waals surface area contributed by atoms with Gasteiger partial charge in [-0.05, 0) is 54.0 Å². The highest BCUT2D eigenvalue weighted by Gasteiger charge is 2.08. The number of H-pyrrole nitrogens is 1. The summed E-state index contributed by atoms with van der Waals surface area (Å²) in [6.07, 6.45) is 5.36. The van der Waals surface area contributed by atoms with Crippen molar-refractivity contribution in [2.45, 2.75) is 12.8 Å². The van der Waals surface area contributed by atoms with E-state index in [0.29, 0.717) is 13.0 Å². The number of ketones is 1. The van der Waals surface area contributed by atoms with Gasteiger partial charge in [0.05, 0.1) is 13.5 Å². The Kier molecular flexibility index (Phi) is 6.11. The predicted octanol–water partition coefficient (Wildman–Crippen LogP) is 3.21. The molecule has 0 saturated carbocycles. The molecule has 0 atom stereocenters. The van der Waals surface area contributed by atoms with Crippen molar-refractivity contribution in [2.24, 2.45) is 0 Å². The first kappa shape index (κ1) is 19.2. The Hall–Kier alpha value is -3.54. The monoisotopic (exact) mass is 378 g/mol. The first-order valence-electron chi connectivity index (χ1n) is 8.96. The fourth-order valence-electron chi connectivity index (χ4n) is 2.88. The van der Waals surface area contributed by atoms with Crippen LogP contribution < -0.4 is 10.1 Å². The Morgan fingerprint density at radius 1 is 1.18 bits per heavy atom. The molecule has 3 rings (SSSR count). The van der Waals surface area contributed by atoms with Gasteiger partial charge >= 0.3 is 0 Å². The fourth-order valence-corrected chi connectivity index (χ4v) is 2.88. The summed E-state index contributed by atoms with van der Waals surface area (Å²) in [6, 6.07) is 12.3. The molecule has 0 aliphatic heterocycles. The van der Waals surface area contributed by atoms with E-state index in [1.807, 2.05) is 24.4 Å². The summed E-state index contributed by atoms with van der Waals surface area (Å²) in [4.78, 5) is 27.1. The maximum absolute atomic E-state index is 12.0. The number of benzene rings is 2. The summed E-state index contributed by atoms with van der Waals surface area (Å²) < 4.78 is 5.25. The van der Waals surface area contributed by atoms with Crippen LogP contribution in [0.5, 0.6) is 11.5 Å². The highest BCUT2D eigenvalue weighted by molar-refractivity contribution is 6.05. The van der Waals surface area contributed by atoms with Gasteiger partial charge < -0.3 is 20.1 Å². The summed E-state index contributed by atoms with van der Waals surface area (Å²) in [6.45, 7) is 0.442. The van der Waals surface area contributed by atoms with E-state index < -0.39 is 0 Å². The Morgan fingerprint density at radius 3 is 2.71 bits per heavy atom. The average Bonchev–Trinajstić information content (AvgIpc) is 3.09. The summed E-state index contributed by atoms with van der Waals surface area (Å²) >= 11 is 0. The number of aromatic amines is 1. The van der Waals surface area contributed by atoms with Crippen LogP contribution in [0.3, 0.4) is 0 Å². The lowest BCUT2D eigenvalue weighted by Gasteiger charge is -2.04. The minimum Gasteiger partial charge on any atom is -0.508 e. The van der Waals surface area contributed by atoms with Crippen molar-refractivity contribution in [3.05, 3.63) is 65.9 Å². The van der Waals surface area contributed by atoms with Crippen LogP contribution in [0.25, 0.3) is 17.0 Å². The van der Waals surface area contributed by atoms with Crippen LogP contribution in [0.2, 0.25) is 0 Å². The first-order valence-corrected chi connectivity index (χ1v) is 8.96. The van der Waals surface area contributed by atoms with Crippen LogP contribution in [-0.4, -0.2) is 35.4 Å². The molecule has 0 spiro atoms. The second kappa shape index (κ2) is 8.90. The molecule has 0 aliphatic carbocycles. The number of carbonyl (C=O) groups excluding carboxylic acids is 2. The lowest BCUT2D eigenvalue weighted by molar-refractivity contribution is -0.126. The quantitative estimate of drug-likeness (QED) is 0.415. The number of hydrogen-bond acceptors (Lipinski definition) is 4. The number of nitrogens with one attached hydrogen (secondary N) is 2. The smallest absolute Gasteiger partial charge is 0.227 e. The number of carbonyl (C=O) groups is 2. The van der Waals surface area contributed by atoms with Crippen LogP contribution in [-0.2, 0) is 16.0 Å². The second-order valence-corrected chi connectivity index (χ2v) is 6.39. The maximum atomic E-state index is 12.0. The number of methoxy groups -OCH3 is 1. The Morgan fingerprint density at radius 2 is 1.96 bits per heavy atom. The van der Waals surface area contributed by atoms with Crippen molar-refractivity contribution in [2.75, 3.05) is 13.7 Å². The molecule has 1 aromatic heterocycles. The standard InChI is InChI=1S/C22H22N2O4/c1-28-19-8-9-21-20(13-19)16(14-24-21)10-11-23-22(27)12-18(26)7-4-15-2-5-17(25)6-3-15/h2-9,13-14,24-25H,10-12H2,1H3,(H,23,27). The SMILES string of the molecule is COc1ccc2[nH]cc(CCNC(=O)CC(=O)C=Cc3ccc(O)cc3)c2c1.